The van der Waals surface area contributed by atoms with Crippen molar-refractivity contribution < 1.29 is 19.1 Å². The Morgan fingerprint density at radius 2 is 1.96 bits per heavy atom. The third-order valence-corrected chi connectivity index (χ3v) is 5.20. The Balaban J connectivity index is 1.54. The summed E-state index contributed by atoms with van der Waals surface area (Å²) in [7, 11) is 0. The molecule has 27 heavy (non-hydrogen) atoms. The van der Waals surface area contributed by atoms with Gasteiger partial charge >= 0.3 is 12.0 Å². The van der Waals surface area contributed by atoms with Crippen molar-refractivity contribution in [1.82, 2.24) is 10.2 Å². The highest BCUT2D eigenvalue weighted by molar-refractivity contribution is 7.98. The quantitative estimate of drug-likeness (QED) is 0.590. The molecule has 0 unspecified atom stereocenters. The van der Waals surface area contributed by atoms with Crippen LogP contribution in [0.15, 0.2) is 53.4 Å². The van der Waals surface area contributed by atoms with E-state index in [0.717, 1.165) is 15.4 Å². The van der Waals surface area contributed by atoms with Crippen molar-refractivity contribution in [3.63, 3.8) is 0 Å². The second-order valence-corrected chi connectivity index (χ2v) is 7.28. The fourth-order valence-corrected chi connectivity index (χ4v) is 3.45. The molecule has 1 heterocycles. The summed E-state index contributed by atoms with van der Waals surface area (Å²) < 4.78 is 5.05. The number of imide groups is 1. The highest BCUT2D eigenvalue weighted by Crippen LogP contribution is 2.24. The Morgan fingerprint density at radius 3 is 2.67 bits per heavy atom. The number of halogens is 1. The maximum Gasteiger partial charge on any atom is 0.338 e. The fourth-order valence-electron chi connectivity index (χ4n) is 2.48. The molecule has 0 atom stereocenters. The molecule has 1 aliphatic rings. The molecule has 1 fully saturated rings. The number of ether oxygens (including phenoxy) is 1. The number of esters is 1. The number of amides is 3. The Labute approximate surface area is 165 Å². The van der Waals surface area contributed by atoms with E-state index in [-0.39, 0.29) is 6.54 Å². The second-order valence-electron chi connectivity index (χ2n) is 5.80. The molecule has 6 nitrogen and oxygen atoms in total. The van der Waals surface area contributed by atoms with Crippen molar-refractivity contribution in [2.45, 2.75) is 10.6 Å². The van der Waals surface area contributed by atoms with Crippen molar-refractivity contribution >= 4 is 41.3 Å². The summed E-state index contributed by atoms with van der Waals surface area (Å²) in [6, 6.07) is 14.1. The minimum Gasteiger partial charge on any atom is -0.452 e. The van der Waals surface area contributed by atoms with E-state index in [9.17, 15) is 14.4 Å². The summed E-state index contributed by atoms with van der Waals surface area (Å²) in [6.45, 7) is 0.231. The van der Waals surface area contributed by atoms with E-state index in [1.165, 1.54) is 0 Å². The van der Waals surface area contributed by atoms with Crippen molar-refractivity contribution in [2.24, 2.45) is 0 Å². The Morgan fingerprint density at radius 1 is 1.19 bits per heavy atom. The first-order valence-electron chi connectivity index (χ1n) is 8.25. The number of hydrogen-bond donors (Lipinski definition) is 1. The second kappa shape index (κ2) is 8.92. The molecular weight excluding hydrogens is 388 g/mol. The molecule has 1 N–H and O–H groups in total. The van der Waals surface area contributed by atoms with Crippen LogP contribution in [0.2, 0.25) is 5.02 Å². The molecule has 140 valence electrons. The molecule has 0 spiro atoms. The number of thioether (sulfide) groups is 1. The van der Waals surface area contributed by atoms with Crippen LogP contribution in [0.25, 0.3) is 0 Å². The number of rotatable bonds is 6. The first-order valence-corrected chi connectivity index (χ1v) is 9.62. The molecule has 8 heteroatoms. The van der Waals surface area contributed by atoms with Crippen molar-refractivity contribution in [3.05, 3.63) is 64.7 Å². The van der Waals surface area contributed by atoms with Crippen LogP contribution in [0, 0.1) is 0 Å². The number of urea groups is 1. The average molecular weight is 405 g/mol. The van der Waals surface area contributed by atoms with Gasteiger partial charge in [0.05, 0.1) is 5.56 Å². The molecule has 0 radical (unpaired) electrons. The number of carbonyl (C=O) groups is 3. The Kier molecular flexibility index (Phi) is 6.36. The Bertz CT molecular complexity index is 857. The van der Waals surface area contributed by atoms with Crippen LogP contribution in [0.5, 0.6) is 0 Å². The third-order valence-electron chi connectivity index (χ3n) is 3.87. The molecule has 0 saturated carbocycles. The number of nitrogens with one attached hydrogen (secondary N) is 1. The largest absolute Gasteiger partial charge is 0.452 e. The van der Waals surface area contributed by atoms with Gasteiger partial charge in [-0.15, -0.1) is 11.8 Å². The molecule has 3 amide bonds. The molecule has 3 rings (SSSR count). The van der Waals surface area contributed by atoms with Crippen LogP contribution >= 0.6 is 23.4 Å². The number of carbonyl (C=O) groups excluding carboxylic acids is 3. The maximum absolute atomic E-state index is 12.2. The van der Waals surface area contributed by atoms with Gasteiger partial charge in [0.1, 0.15) is 0 Å². The van der Waals surface area contributed by atoms with Crippen molar-refractivity contribution in [2.75, 3.05) is 19.7 Å². The van der Waals surface area contributed by atoms with E-state index in [4.69, 9.17) is 16.3 Å². The zero-order chi connectivity index (χ0) is 19.2. The minimum absolute atomic E-state index is 0.284. The predicted octanol–water partition coefficient (Wildman–Crippen LogP) is 3.34. The lowest BCUT2D eigenvalue weighted by Crippen LogP contribution is -2.37. The summed E-state index contributed by atoms with van der Waals surface area (Å²) in [5.74, 6) is -0.454. The standard InChI is InChI=1S/C19H17ClN2O4S/c20-15-4-6-16(7-5-15)27-12-13-2-1-3-14(10-13)18(24)26-11-17(23)22-9-8-21-19(22)25/h1-7,10H,8-9,11-12H2,(H,21,25). The smallest absolute Gasteiger partial charge is 0.338 e. The summed E-state index contributed by atoms with van der Waals surface area (Å²) in [5.41, 5.74) is 1.32. The summed E-state index contributed by atoms with van der Waals surface area (Å²) in [6.07, 6.45) is 0. The molecule has 0 aromatic heterocycles. The lowest BCUT2D eigenvalue weighted by molar-refractivity contribution is -0.130. The molecule has 2 aromatic carbocycles. The summed E-state index contributed by atoms with van der Waals surface area (Å²) in [4.78, 5) is 37.6. The fraction of sp³-hybridized carbons (Fsp3) is 0.211. The lowest BCUT2D eigenvalue weighted by Gasteiger charge is -2.12. The van der Waals surface area contributed by atoms with E-state index in [0.29, 0.717) is 22.9 Å². The highest BCUT2D eigenvalue weighted by atomic mass is 35.5. The topological polar surface area (TPSA) is 75.7 Å². The third kappa shape index (κ3) is 5.24. The first kappa shape index (κ1) is 19.3. The number of hydrogen-bond acceptors (Lipinski definition) is 5. The number of benzene rings is 2. The van der Waals surface area contributed by atoms with Crippen LogP contribution in [-0.2, 0) is 15.3 Å². The van der Waals surface area contributed by atoms with E-state index in [2.05, 4.69) is 5.32 Å². The molecule has 1 aliphatic heterocycles. The molecular formula is C19H17ClN2O4S. The summed E-state index contributed by atoms with van der Waals surface area (Å²) >= 11 is 7.50. The SMILES string of the molecule is O=C(OCC(=O)N1CCNC1=O)c1cccc(CSc2ccc(Cl)cc2)c1. The zero-order valence-electron chi connectivity index (χ0n) is 14.3. The molecule has 0 bridgehead atoms. The van der Waals surface area contributed by atoms with Gasteiger partial charge in [0.2, 0.25) is 0 Å². The predicted molar refractivity (Wildman–Crippen MR) is 103 cm³/mol. The molecule has 2 aromatic rings. The van der Waals surface area contributed by atoms with Crippen molar-refractivity contribution in [3.8, 4) is 0 Å². The average Bonchev–Trinajstić information content (AvgIpc) is 3.11. The first-order chi connectivity index (χ1) is 13.0. The van der Waals surface area contributed by atoms with Crippen LogP contribution in [0.3, 0.4) is 0 Å². The summed E-state index contributed by atoms with van der Waals surface area (Å²) in [5, 5.41) is 3.21. The van der Waals surface area contributed by atoms with Gasteiger partial charge in [0.25, 0.3) is 5.91 Å². The lowest BCUT2D eigenvalue weighted by atomic mass is 10.1. The van der Waals surface area contributed by atoms with Gasteiger partial charge in [-0.05, 0) is 42.0 Å². The van der Waals surface area contributed by atoms with Gasteiger partial charge in [-0.25, -0.2) is 9.59 Å². The van der Waals surface area contributed by atoms with Crippen LogP contribution in [0.4, 0.5) is 4.79 Å². The molecule has 0 aliphatic carbocycles. The molecule has 1 saturated heterocycles. The van der Waals surface area contributed by atoms with Gasteiger partial charge in [0, 0.05) is 28.8 Å². The van der Waals surface area contributed by atoms with Gasteiger partial charge in [-0.2, -0.15) is 0 Å². The van der Waals surface area contributed by atoms with Gasteiger partial charge in [-0.1, -0.05) is 23.7 Å². The minimum atomic E-state index is -0.596. The maximum atomic E-state index is 12.2. The monoisotopic (exact) mass is 404 g/mol. The normalized spacial score (nSPS) is 13.4. The van der Waals surface area contributed by atoms with Gasteiger partial charge in [-0.3, -0.25) is 9.69 Å². The van der Waals surface area contributed by atoms with Gasteiger partial charge in [0.15, 0.2) is 6.61 Å². The zero-order valence-corrected chi connectivity index (χ0v) is 15.9. The van der Waals surface area contributed by atoms with E-state index in [1.54, 1.807) is 30.0 Å². The van der Waals surface area contributed by atoms with Crippen LogP contribution < -0.4 is 5.32 Å². The van der Waals surface area contributed by atoms with Crippen molar-refractivity contribution in [1.29, 1.82) is 0 Å². The van der Waals surface area contributed by atoms with E-state index in [1.807, 2.05) is 30.3 Å². The Hall–Kier alpha value is -2.51. The van der Waals surface area contributed by atoms with E-state index >= 15 is 0 Å². The van der Waals surface area contributed by atoms with E-state index < -0.39 is 24.5 Å². The van der Waals surface area contributed by atoms with Crippen LogP contribution in [0.1, 0.15) is 15.9 Å². The van der Waals surface area contributed by atoms with Crippen LogP contribution in [-0.4, -0.2) is 42.5 Å². The highest BCUT2D eigenvalue weighted by Gasteiger charge is 2.26. The number of nitrogens with zero attached hydrogens (tertiary/aromatic N) is 1. The van der Waals surface area contributed by atoms with Gasteiger partial charge < -0.3 is 10.1 Å².